The van der Waals surface area contributed by atoms with Gasteiger partial charge in [0.05, 0.1) is 0 Å². The number of likely N-dealkylation sites (tertiary alicyclic amines) is 1. The summed E-state index contributed by atoms with van der Waals surface area (Å²) in [6, 6.07) is 5.65. The Morgan fingerprint density at radius 1 is 1.53 bits per heavy atom. The third kappa shape index (κ3) is 3.27. The van der Waals surface area contributed by atoms with Gasteiger partial charge in [-0.05, 0) is 44.6 Å². The van der Waals surface area contributed by atoms with Crippen LogP contribution in [0.4, 0.5) is 4.39 Å². The molecule has 1 N–H and O–H groups in total. The van der Waals surface area contributed by atoms with E-state index in [1.165, 1.54) is 18.6 Å². The van der Waals surface area contributed by atoms with Crippen molar-refractivity contribution in [2.45, 2.75) is 25.4 Å². The molecule has 2 atom stereocenters. The molecule has 0 aromatic heterocycles. The lowest BCUT2D eigenvalue weighted by Crippen LogP contribution is -2.33. The number of nitrogens with one attached hydrogen (secondary N) is 1. The molecule has 1 aromatic rings. The van der Waals surface area contributed by atoms with Crippen molar-refractivity contribution in [1.29, 1.82) is 0 Å². The summed E-state index contributed by atoms with van der Waals surface area (Å²) in [5.74, 6) is -0.201. The molecule has 1 heterocycles. The Labute approximate surface area is 110 Å². The van der Waals surface area contributed by atoms with E-state index in [1.807, 2.05) is 6.07 Å². The first-order valence-corrected chi connectivity index (χ1v) is 6.75. The number of likely N-dealkylation sites (N-methyl/N-ethyl adjacent to an activating group) is 1. The SMILES string of the molecule is CC(NC1CCN(C)C1)c1ccc(F)cc1Br. The summed E-state index contributed by atoms with van der Waals surface area (Å²) in [4.78, 5) is 2.32. The van der Waals surface area contributed by atoms with E-state index < -0.39 is 0 Å². The average Bonchev–Trinajstić information content (AvgIpc) is 2.63. The van der Waals surface area contributed by atoms with Crippen LogP contribution in [0.1, 0.15) is 24.9 Å². The predicted octanol–water partition coefficient (Wildman–Crippen LogP) is 2.94. The van der Waals surface area contributed by atoms with Crippen molar-refractivity contribution < 1.29 is 4.39 Å². The van der Waals surface area contributed by atoms with Gasteiger partial charge in [-0.1, -0.05) is 22.0 Å². The molecule has 0 radical (unpaired) electrons. The molecule has 1 saturated heterocycles. The molecule has 1 aliphatic rings. The second-order valence-electron chi connectivity index (χ2n) is 4.80. The van der Waals surface area contributed by atoms with Crippen LogP contribution >= 0.6 is 15.9 Å². The minimum atomic E-state index is -0.201. The van der Waals surface area contributed by atoms with E-state index in [2.05, 4.69) is 40.1 Å². The molecule has 1 fully saturated rings. The van der Waals surface area contributed by atoms with E-state index in [0.29, 0.717) is 6.04 Å². The van der Waals surface area contributed by atoms with Gasteiger partial charge >= 0.3 is 0 Å². The molecule has 17 heavy (non-hydrogen) atoms. The summed E-state index contributed by atoms with van der Waals surface area (Å²) in [6.07, 6.45) is 1.18. The number of rotatable bonds is 3. The Morgan fingerprint density at radius 3 is 2.88 bits per heavy atom. The maximum absolute atomic E-state index is 13.0. The number of halogens is 2. The van der Waals surface area contributed by atoms with Crippen LogP contribution in [-0.2, 0) is 0 Å². The summed E-state index contributed by atoms with van der Waals surface area (Å²) in [7, 11) is 2.14. The molecule has 4 heteroatoms. The third-order valence-electron chi connectivity index (χ3n) is 3.31. The van der Waals surface area contributed by atoms with Crippen molar-refractivity contribution in [1.82, 2.24) is 10.2 Å². The topological polar surface area (TPSA) is 15.3 Å². The molecular formula is C13H18BrFN2. The van der Waals surface area contributed by atoms with E-state index in [1.54, 1.807) is 0 Å². The summed E-state index contributed by atoms with van der Waals surface area (Å²) in [5, 5.41) is 3.59. The van der Waals surface area contributed by atoms with Crippen LogP contribution in [0.25, 0.3) is 0 Å². The minimum Gasteiger partial charge on any atom is -0.306 e. The smallest absolute Gasteiger partial charge is 0.124 e. The molecule has 1 aromatic carbocycles. The third-order valence-corrected chi connectivity index (χ3v) is 3.99. The first kappa shape index (κ1) is 13.0. The van der Waals surface area contributed by atoms with Crippen molar-refractivity contribution in [2.24, 2.45) is 0 Å². The molecule has 1 aliphatic heterocycles. The van der Waals surface area contributed by atoms with Crippen LogP contribution in [0.15, 0.2) is 22.7 Å². The first-order chi connectivity index (χ1) is 8.06. The molecule has 0 aliphatic carbocycles. The minimum absolute atomic E-state index is 0.201. The van der Waals surface area contributed by atoms with Crippen molar-refractivity contribution in [3.05, 3.63) is 34.1 Å². The van der Waals surface area contributed by atoms with Crippen molar-refractivity contribution >= 4 is 15.9 Å². The Kier molecular flexibility index (Phi) is 4.17. The molecular weight excluding hydrogens is 283 g/mol. The Balaban J connectivity index is 2.01. The monoisotopic (exact) mass is 300 g/mol. The van der Waals surface area contributed by atoms with Crippen LogP contribution < -0.4 is 5.32 Å². The Hall–Kier alpha value is -0.450. The van der Waals surface area contributed by atoms with Gasteiger partial charge in [0.15, 0.2) is 0 Å². The normalized spacial score (nSPS) is 22.9. The highest BCUT2D eigenvalue weighted by Crippen LogP contribution is 2.25. The van der Waals surface area contributed by atoms with E-state index in [0.717, 1.165) is 23.1 Å². The van der Waals surface area contributed by atoms with Gasteiger partial charge in [-0.3, -0.25) is 0 Å². The highest BCUT2D eigenvalue weighted by molar-refractivity contribution is 9.10. The molecule has 0 saturated carbocycles. The highest BCUT2D eigenvalue weighted by Gasteiger charge is 2.21. The second kappa shape index (κ2) is 5.46. The lowest BCUT2D eigenvalue weighted by molar-refractivity contribution is 0.387. The van der Waals surface area contributed by atoms with Gasteiger partial charge < -0.3 is 10.2 Å². The zero-order chi connectivity index (χ0) is 12.4. The van der Waals surface area contributed by atoms with Gasteiger partial charge in [-0.25, -0.2) is 4.39 Å². The van der Waals surface area contributed by atoms with Gasteiger partial charge in [0.25, 0.3) is 0 Å². The standard InChI is InChI=1S/C13H18BrFN2/c1-9(16-11-5-6-17(2)8-11)12-4-3-10(15)7-13(12)14/h3-4,7,9,11,16H,5-6,8H2,1-2H3. The Morgan fingerprint density at radius 2 is 2.29 bits per heavy atom. The molecule has 94 valence electrons. The largest absolute Gasteiger partial charge is 0.306 e. The van der Waals surface area contributed by atoms with Gasteiger partial charge in [0, 0.05) is 23.1 Å². The van der Waals surface area contributed by atoms with Crippen molar-refractivity contribution in [2.75, 3.05) is 20.1 Å². The predicted molar refractivity (Wildman–Crippen MR) is 71.6 cm³/mol. The summed E-state index contributed by atoms with van der Waals surface area (Å²) >= 11 is 3.42. The number of nitrogens with zero attached hydrogens (tertiary/aromatic N) is 1. The fourth-order valence-corrected chi connectivity index (χ4v) is 3.06. The lowest BCUT2D eigenvalue weighted by Gasteiger charge is -2.20. The van der Waals surface area contributed by atoms with Crippen LogP contribution in [0.5, 0.6) is 0 Å². The van der Waals surface area contributed by atoms with Gasteiger partial charge in [-0.2, -0.15) is 0 Å². The molecule has 0 bridgehead atoms. The number of hydrogen-bond donors (Lipinski definition) is 1. The maximum Gasteiger partial charge on any atom is 0.124 e. The zero-order valence-corrected chi connectivity index (χ0v) is 11.8. The molecule has 2 unspecified atom stereocenters. The summed E-state index contributed by atoms with van der Waals surface area (Å²) in [5.41, 5.74) is 1.11. The number of hydrogen-bond acceptors (Lipinski definition) is 2. The van der Waals surface area contributed by atoms with Crippen LogP contribution in [0.3, 0.4) is 0 Å². The molecule has 0 spiro atoms. The van der Waals surface area contributed by atoms with Crippen LogP contribution in [0.2, 0.25) is 0 Å². The quantitative estimate of drug-likeness (QED) is 0.923. The van der Waals surface area contributed by atoms with Crippen molar-refractivity contribution in [3.63, 3.8) is 0 Å². The van der Waals surface area contributed by atoms with E-state index >= 15 is 0 Å². The summed E-state index contributed by atoms with van der Waals surface area (Å²) < 4.78 is 13.8. The Bertz CT molecular complexity index is 397. The highest BCUT2D eigenvalue weighted by atomic mass is 79.9. The lowest BCUT2D eigenvalue weighted by atomic mass is 10.1. The van der Waals surface area contributed by atoms with E-state index in [-0.39, 0.29) is 11.9 Å². The second-order valence-corrected chi connectivity index (χ2v) is 5.66. The summed E-state index contributed by atoms with van der Waals surface area (Å²) in [6.45, 7) is 4.36. The van der Waals surface area contributed by atoms with E-state index in [4.69, 9.17) is 0 Å². The zero-order valence-electron chi connectivity index (χ0n) is 10.2. The fraction of sp³-hybridized carbons (Fsp3) is 0.538. The fourth-order valence-electron chi connectivity index (χ4n) is 2.37. The van der Waals surface area contributed by atoms with Crippen LogP contribution in [0, 0.1) is 5.82 Å². The van der Waals surface area contributed by atoms with Crippen LogP contribution in [-0.4, -0.2) is 31.1 Å². The van der Waals surface area contributed by atoms with Gasteiger partial charge in [0.2, 0.25) is 0 Å². The molecule has 2 nitrogen and oxygen atoms in total. The van der Waals surface area contributed by atoms with Crippen molar-refractivity contribution in [3.8, 4) is 0 Å². The average molecular weight is 301 g/mol. The first-order valence-electron chi connectivity index (χ1n) is 5.96. The van der Waals surface area contributed by atoms with Gasteiger partial charge in [0.1, 0.15) is 5.82 Å². The number of benzene rings is 1. The maximum atomic E-state index is 13.0. The van der Waals surface area contributed by atoms with E-state index in [9.17, 15) is 4.39 Å². The molecule has 2 rings (SSSR count). The van der Waals surface area contributed by atoms with Gasteiger partial charge in [-0.15, -0.1) is 0 Å². The molecule has 0 amide bonds.